The zero-order valence-corrected chi connectivity index (χ0v) is 19.5. The molecular weight excluding hydrogens is 480 g/mol. The second kappa shape index (κ2) is 12.6. The minimum Gasteiger partial charge on any atom is -0.462 e. The topological polar surface area (TPSA) is 111 Å². The van der Waals surface area contributed by atoms with Crippen molar-refractivity contribution in [3.05, 3.63) is 58.1 Å². The van der Waals surface area contributed by atoms with Crippen LogP contribution >= 0.6 is 15.9 Å². The third-order valence-corrected chi connectivity index (χ3v) is 4.78. The molecule has 0 unspecified atom stereocenters. The van der Waals surface area contributed by atoms with Crippen LogP contribution in [0.4, 0.5) is 11.4 Å². The molecule has 0 heterocycles. The number of amides is 2. The fourth-order valence-electron chi connectivity index (χ4n) is 2.69. The highest BCUT2D eigenvalue weighted by Gasteiger charge is 2.11. The number of aryl methyl sites for hydroxylation is 1. The summed E-state index contributed by atoms with van der Waals surface area (Å²) in [4.78, 5) is 47.4. The first kappa shape index (κ1) is 25.1. The molecule has 0 saturated heterocycles. The van der Waals surface area contributed by atoms with E-state index < -0.39 is 24.5 Å². The van der Waals surface area contributed by atoms with E-state index in [4.69, 9.17) is 9.47 Å². The Balaban J connectivity index is 1.66. The van der Waals surface area contributed by atoms with Crippen molar-refractivity contribution in [2.45, 2.75) is 33.1 Å². The molecule has 0 spiro atoms. The molecule has 170 valence electrons. The van der Waals surface area contributed by atoms with Crippen molar-refractivity contribution in [1.29, 1.82) is 0 Å². The lowest BCUT2D eigenvalue weighted by atomic mass is 10.2. The predicted octanol–water partition coefficient (Wildman–Crippen LogP) is 4.22. The number of rotatable bonds is 10. The number of esters is 2. The number of hydrogen-bond donors (Lipinski definition) is 2. The average molecular weight is 505 g/mol. The van der Waals surface area contributed by atoms with E-state index in [2.05, 4.69) is 26.6 Å². The fourth-order valence-corrected chi connectivity index (χ4v) is 3.17. The largest absolute Gasteiger partial charge is 0.462 e. The maximum Gasteiger partial charge on any atom is 0.338 e. The van der Waals surface area contributed by atoms with Gasteiger partial charge in [-0.3, -0.25) is 14.4 Å². The number of benzene rings is 2. The SMILES string of the molecule is CCOC(=O)c1ccc(NC(=O)CCCC(=O)OCC(=O)Nc2ccc(Br)cc2C)cc1. The van der Waals surface area contributed by atoms with Crippen molar-refractivity contribution >= 4 is 51.1 Å². The highest BCUT2D eigenvalue weighted by molar-refractivity contribution is 9.10. The molecule has 0 aliphatic rings. The summed E-state index contributed by atoms with van der Waals surface area (Å²) in [7, 11) is 0. The first-order valence-corrected chi connectivity index (χ1v) is 10.9. The molecule has 2 N–H and O–H groups in total. The van der Waals surface area contributed by atoms with Gasteiger partial charge in [-0.15, -0.1) is 0 Å². The molecule has 0 aliphatic heterocycles. The summed E-state index contributed by atoms with van der Waals surface area (Å²) >= 11 is 3.35. The van der Waals surface area contributed by atoms with E-state index in [-0.39, 0.29) is 31.8 Å². The van der Waals surface area contributed by atoms with Gasteiger partial charge in [0.25, 0.3) is 5.91 Å². The third-order valence-electron chi connectivity index (χ3n) is 4.29. The number of nitrogens with one attached hydrogen (secondary N) is 2. The number of carbonyl (C=O) groups is 4. The average Bonchev–Trinajstić information content (AvgIpc) is 2.75. The Morgan fingerprint density at radius 2 is 1.62 bits per heavy atom. The molecule has 0 fully saturated rings. The fraction of sp³-hybridized carbons (Fsp3) is 0.304. The molecule has 9 heteroatoms. The molecule has 8 nitrogen and oxygen atoms in total. The Morgan fingerprint density at radius 1 is 0.906 bits per heavy atom. The first-order valence-electron chi connectivity index (χ1n) is 10.1. The zero-order chi connectivity index (χ0) is 23.5. The van der Waals surface area contributed by atoms with Crippen molar-refractivity contribution in [1.82, 2.24) is 0 Å². The number of anilines is 2. The molecule has 2 aromatic rings. The Kier molecular flexibility index (Phi) is 9.87. The molecule has 0 bridgehead atoms. The monoisotopic (exact) mass is 504 g/mol. The van der Waals surface area contributed by atoms with Gasteiger partial charge in [-0.25, -0.2) is 4.79 Å². The number of halogens is 1. The van der Waals surface area contributed by atoms with Gasteiger partial charge in [-0.1, -0.05) is 15.9 Å². The highest BCUT2D eigenvalue weighted by Crippen LogP contribution is 2.20. The molecule has 32 heavy (non-hydrogen) atoms. The maximum atomic E-state index is 12.0. The molecular formula is C23H25BrN2O6. The highest BCUT2D eigenvalue weighted by atomic mass is 79.9. The van der Waals surface area contributed by atoms with Crippen LogP contribution in [-0.2, 0) is 23.9 Å². The van der Waals surface area contributed by atoms with E-state index >= 15 is 0 Å². The van der Waals surface area contributed by atoms with Crippen LogP contribution in [-0.4, -0.2) is 37.0 Å². The normalized spacial score (nSPS) is 10.2. The summed E-state index contributed by atoms with van der Waals surface area (Å²) in [6.45, 7) is 3.47. The maximum absolute atomic E-state index is 12.0. The van der Waals surface area contributed by atoms with Gasteiger partial charge >= 0.3 is 11.9 Å². The van der Waals surface area contributed by atoms with E-state index in [0.29, 0.717) is 16.9 Å². The molecule has 0 atom stereocenters. The molecule has 0 aliphatic carbocycles. The second-order valence-electron chi connectivity index (χ2n) is 6.87. The van der Waals surface area contributed by atoms with E-state index in [0.717, 1.165) is 10.0 Å². The van der Waals surface area contributed by atoms with Crippen LogP contribution in [0.15, 0.2) is 46.9 Å². The zero-order valence-electron chi connectivity index (χ0n) is 17.9. The van der Waals surface area contributed by atoms with Crippen LogP contribution in [0.1, 0.15) is 42.1 Å². The van der Waals surface area contributed by atoms with Crippen LogP contribution in [0, 0.1) is 6.92 Å². The van der Waals surface area contributed by atoms with Gasteiger partial charge in [0.2, 0.25) is 5.91 Å². The van der Waals surface area contributed by atoms with Gasteiger partial charge in [0.05, 0.1) is 12.2 Å². The van der Waals surface area contributed by atoms with Crippen molar-refractivity contribution in [3.63, 3.8) is 0 Å². The Hall–Kier alpha value is -3.20. The Labute approximate surface area is 194 Å². The number of carbonyl (C=O) groups excluding carboxylic acids is 4. The summed E-state index contributed by atoms with van der Waals surface area (Å²) in [6.07, 6.45) is 0.401. The van der Waals surface area contributed by atoms with Gasteiger partial charge in [0.15, 0.2) is 6.61 Å². The van der Waals surface area contributed by atoms with Crippen molar-refractivity contribution in [2.75, 3.05) is 23.8 Å². The van der Waals surface area contributed by atoms with Gasteiger partial charge in [-0.05, 0) is 68.3 Å². The lowest BCUT2D eigenvalue weighted by Gasteiger charge is -2.09. The van der Waals surface area contributed by atoms with Crippen LogP contribution in [0.3, 0.4) is 0 Å². The summed E-state index contributed by atoms with van der Waals surface area (Å²) in [5, 5.41) is 5.37. The van der Waals surface area contributed by atoms with Crippen LogP contribution in [0.2, 0.25) is 0 Å². The molecule has 2 amide bonds. The first-order chi connectivity index (χ1) is 15.3. The number of ether oxygens (including phenoxy) is 2. The summed E-state index contributed by atoms with van der Waals surface area (Å²) in [5.74, 6) is -1.69. The smallest absolute Gasteiger partial charge is 0.338 e. The summed E-state index contributed by atoms with van der Waals surface area (Å²) in [6, 6.07) is 11.7. The van der Waals surface area contributed by atoms with Crippen LogP contribution in [0.5, 0.6) is 0 Å². The van der Waals surface area contributed by atoms with Crippen LogP contribution < -0.4 is 10.6 Å². The summed E-state index contributed by atoms with van der Waals surface area (Å²) < 4.78 is 10.8. The van der Waals surface area contributed by atoms with Gasteiger partial charge < -0.3 is 20.1 Å². The second-order valence-corrected chi connectivity index (χ2v) is 7.78. The van der Waals surface area contributed by atoms with E-state index in [1.807, 2.05) is 13.0 Å². The Bertz CT molecular complexity index is 975. The van der Waals surface area contributed by atoms with E-state index in [1.165, 1.54) is 0 Å². The van der Waals surface area contributed by atoms with E-state index in [1.54, 1.807) is 43.3 Å². The van der Waals surface area contributed by atoms with Crippen molar-refractivity contribution in [2.24, 2.45) is 0 Å². The third kappa shape index (κ3) is 8.50. The molecule has 2 rings (SSSR count). The molecule has 0 radical (unpaired) electrons. The van der Waals surface area contributed by atoms with E-state index in [9.17, 15) is 19.2 Å². The van der Waals surface area contributed by atoms with Crippen molar-refractivity contribution < 1.29 is 28.7 Å². The quantitative estimate of drug-likeness (QED) is 0.468. The number of hydrogen-bond acceptors (Lipinski definition) is 6. The van der Waals surface area contributed by atoms with Gasteiger partial charge in [-0.2, -0.15) is 0 Å². The molecule has 0 saturated carbocycles. The lowest BCUT2D eigenvalue weighted by Crippen LogP contribution is -2.21. The minimum atomic E-state index is -0.556. The van der Waals surface area contributed by atoms with Crippen molar-refractivity contribution in [3.8, 4) is 0 Å². The van der Waals surface area contributed by atoms with Gasteiger partial charge in [0, 0.05) is 28.7 Å². The Morgan fingerprint density at radius 3 is 2.28 bits per heavy atom. The minimum absolute atomic E-state index is 0.0137. The lowest BCUT2D eigenvalue weighted by molar-refractivity contribution is -0.147. The molecule has 0 aromatic heterocycles. The summed E-state index contributed by atoms with van der Waals surface area (Å²) in [5.41, 5.74) is 2.44. The van der Waals surface area contributed by atoms with Crippen LogP contribution in [0.25, 0.3) is 0 Å². The molecule has 2 aromatic carbocycles. The standard InChI is InChI=1S/C23H25BrN2O6/c1-3-31-23(30)16-7-10-18(11-8-16)25-20(27)5-4-6-22(29)32-14-21(28)26-19-12-9-17(24)13-15(19)2/h7-13H,3-6,14H2,1-2H3,(H,25,27)(H,26,28). The predicted molar refractivity (Wildman–Crippen MR) is 123 cm³/mol. The van der Waals surface area contributed by atoms with Gasteiger partial charge in [0.1, 0.15) is 0 Å².